The zero-order valence-electron chi connectivity index (χ0n) is 13.3. The summed E-state index contributed by atoms with van der Waals surface area (Å²) < 4.78 is 5.04. The zero-order chi connectivity index (χ0) is 18.2. The molecule has 0 fully saturated rings. The van der Waals surface area contributed by atoms with E-state index in [1.807, 2.05) is 0 Å². The number of aromatic hydroxyl groups is 1. The smallest absolute Gasteiger partial charge is 0.329 e. The van der Waals surface area contributed by atoms with E-state index >= 15 is 0 Å². The Balaban J connectivity index is 1.84. The summed E-state index contributed by atoms with van der Waals surface area (Å²) in [4.78, 5) is 23.4. The van der Waals surface area contributed by atoms with Gasteiger partial charge in [-0.05, 0) is 35.9 Å². The molecule has 3 N–H and O–H groups in total. The highest BCUT2D eigenvalue weighted by atomic mass is 35.5. The number of hydrogen-bond acceptors (Lipinski definition) is 5. The molecule has 0 bridgehead atoms. The number of halogens is 1. The van der Waals surface area contributed by atoms with Gasteiger partial charge in [0.2, 0.25) is 0 Å². The van der Waals surface area contributed by atoms with Crippen LogP contribution in [-0.4, -0.2) is 30.2 Å². The number of nitrogens with one attached hydrogen (secondary N) is 2. The largest absolute Gasteiger partial charge is 0.507 e. The summed E-state index contributed by atoms with van der Waals surface area (Å²) in [6.07, 6.45) is 1.19. The number of carbonyl (C=O) groups excluding carboxylic acids is 2. The SMILES string of the molecule is COc1ccc(CNC(=O)C(=O)N/N=C\c2cc(Cl)ccc2O)cc1. The Morgan fingerprint density at radius 2 is 1.92 bits per heavy atom. The van der Waals surface area contributed by atoms with Gasteiger partial charge in [-0.3, -0.25) is 9.59 Å². The van der Waals surface area contributed by atoms with Gasteiger partial charge in [0.25, 0.3) is 0 Å². The molecule has 0 unspecified atom stereocenters. The first-order valence-electron chi connectivity index (χ1n) is 7.22. The quantitative estimate of drug-likeness (QED) is 0.429. The van der Waals surface area contributed by atoms with Crippen molar-refractivity contribution in [2.45, 2.75) is 6.54 Å². The van der Waals surface area contributed by atoms with E-state index in [0.29, 0.717) is 16.3 Å². The molecule has 0 aliphatic carbocycles. The van der Waals surface area contributed by atoms with Crippen LogP contribution >= 0.6 is 11.6 Å². The standard InChI is InChI=1S/C17H16ClN3O4/c1-25-14-5-2-11(3-6-14)9-19-16(23)17(24)21-20-10-12-8-13(18)4-7-15(12)22/h2-8,10,22H,9H2,1H3,(H,19,23)(H,21,24)/b20-10-. The van der Waals surface area contributed by atoms with E-state index in [1.54, 1.807) is 31.4 Å². The number of phenolic OH excluding ortho intramolecular Hbond substituents is 1. The second-order valence-corrected chi connectivity index (χ2v) is 5.37. The number of nitrogens with zero attached hydrogens (tertiary/aromatic N) is 1. The van der Waals surface area contributed by atoms with Crippen molar-refractivity contribution in [2.24, 2.45) is 5.10 Å². The Bertz CT molecular complexity index is 791. The van der Waals surface area contributed by atoms with Crippen LogP contribution in [-0.2, 0) is 16.1 Å². The Morgan fingerprint density at radius 3 is 2.60 bits per heavy atom. The van der Waals surface area contributed by atoms with E-state index < -0.39 is 11.8 Å². The van der Waals surface area contributed by atoms with Gasteiger partial charge in [0.1, 0.15) is 11.5 Å². The van der Waals surface area contributed by atoms with Crippen molar-refractivity contribution < 1.29 is 19.4 Å². The van der Waals surface area contributed by atoms with Crippen LogP contribution in [0.4, 0.5) is 0 Å². The molecule has 2 amide bonds. The summed E-state index contributed by atoms with van der Waals surface area (Å²) >= 11 is 5.80. The van der Waals surface area contributed by atoms with Crippen LogP contribution in [0.1, 0.15) is 11.1 Å². The van der Waals surface area contributed by atoms with Crippen molar-refractivity contribution in [3.63, 3.8) is 0 Å². The van der Waals surface area contributed by atoms with Gasteiger partial charge in [0, 0.05) is 17.1 Å². The highest BCUT2D eigenvalue weighted by Crippen LogP contribution is 2.19. The number of phenols is 1. The number of hydrogen-bond donors (Lipinski definition) is 3. The first kappa shape index (κ1) is 18.3. The van der Waals surface area contributed by atoms with Crippen LogP contribution in [0.2, 0.25) is 5.02 Å². The van der Waals surface area contributed by atoms with Crippen molar-refractivity contribution in [1.82, 2.24) is 10.7 Å². The van der Waals surface area contributed by atoms with Crippen LogP contribution < -0.4 is 15.5 Å². The number of benzene rings is 2. The summed E-state index contributed by atoms with van der Waals surface area (Å²) in [6.45, 7) is 0.190. The van der Waals surface area contributed by atoms with Crippen LogP contribution in [0, 0.1) is 0 Å². The topological polar surface area (TPSA) is 100 Å². The predicted molar refractivity (Wildman–Crippen MR) is 93.7 cm³/mol. The molecule has 0 saturated carbocycles. The summed E-state index contributed by atoms with van der Waals surface area (Å²) in [5, 5.41) is 16.1. The molecule has 2 aromatic rings. The second-order valence-electron chi connectivity index (χ2n) is 4.93. The molecule has 130 valence electrons. The van der Waals surface area contributed by atoms with E-state index in [4.69, 9.17) is 16.3 Å². The van der Waals surface area contributed by atoms with E-state index in [2.05, 4.69) is 15.8 Å². The molecule has 0 aliphatic heterocycles. The average Bonchev–Trinajstić information content (AvgIpc) is 2.62. The van der Waals surface area contributed by atoms with Gasteiger partial charge in [-0.25, -0.2) is 5.43 Å². The number of rotatable bonds is 5. The average molecular weight is 362 g/mol. The van der Waals surface area contributed by atoms with Crippen molar-refractivity contribution in [2.75, 3.05) is 7.11 Å². The van der Waals surface area contributed by atoms with Gasteiger partial charge < -0.3 is 15.2 Å². The molecular formula is C17H16ClN3O4. The van der Waals surface area contributed by atoms with Gasteiger partial charge in [-0.1, -0.05) is 23.7 Å². The van der Waals surface area contributed by atoms with E-state index in [1.165, 1.54) is 24.4 Å². The molecule has 8 heteroatoms. The normalized spacial score (nSPS) is 10.5. The number of carbonyl (C=O) groups is 2. The third-order valence-corrected chi connectivity index (χ3v) is 3.41. The fourth-order valence-corrected chi connectivity index (χ4v) is 2.03. The zero-order valence-corrected chi connectivity index (χ0v) is 14.1. The maximum atomic E-state index is 11.7. The lowest BCUT2D eigenvalue weighted by molar-refractivity contribution is -0.139. The minimum absolute atomic E-state index is 0.0497. The molecule has 0 radical (unpaired) electrons. The molecule has 0 spiro atoms. The lowest BCUT2D eigenvalue weighted by atomic mass is 10.2. The molecule has 0 aromatic heterocycles. The number of hydrazone groups is 1. The van der Waals surface area contributed by atoms with Gasteiger partial charge in [0.05, 0.1) is 13.3 Å². The lowest BCUT2D eigenvalue weighted by Crippen LogP contribution is -2.37. The molecule has 0 aliphatic rings. The second kappa shape index (κ2) is 8.70. The van der Waals surface area contributed by atoms with Gasteiger partial charge in [0.15, 0.2) is 0 Å². The van der Waals surface area contributed by atoms with Crippen LogP contribution in [0.15, 0.2) is 47.6 Å². The monoisotopic (exact) mass is 361 g/mol. The van der Waals surface area contributed by atoms with Crippen molar-refractivity contribution >= 4 is 29.6 Å². The molecule has 0 atom stereocenters. The Kier molecular flexibility index (Phi) is 6.36. The minimum Gasteiger partial charge on any atom is -0.507 e. The predicted octanol–water partition coefficient (Wildman–Crippen LogP) is 1.82. The molecule has 0 heterocycles. The summed E-state index contributed by atoms with van der Waals surface area (Å²) in [7, 11) is 1.56. The third kappa shape index (κ3) is 5.50. The molecule has 0 saturated heterocycles. The fourth-order valence-electron chi connectivity index (χ4n) is 1.85. The number of amides is 2. The van der Waals surface area contributed by atoms with Crippen molar-refractivity contribution in [1.29, 1.82) is 0 Å². The molecule has 7 nitrogen and oxygen atoms in total. The van der Waals surface area contributed by atoms with E-state index in [9.17, 15) is 14.7 Å². The van der Waals surface area contributed by atoms with E-state index in [0.717, 1.165) is 5.56 Å². The summed E-state index contributed by atoms with van der Waals surface area (Å²) in [6, 6.07) is 11.4. The third-order valence-electron chi connectivity index (χ3n) is 3.18. The van der Waals surface area contributed by atoms with E-state index in [-0.39, 0.29) is 12.3 Å². The summed E-state index contributed by atoms with van der Waals surface area (Å²) in [5.74, 6) is -1.10. The molecule has 2 aromatic carbocycles. The van der Waals surface area contributed by atoms with Gasteiger partial charge >= 0.3 is 11.8 Å². The number of ether oxygens (including phenoxy) is 1. The number of methoxy groups -OCH3 is 1. The Morgan fingerprint density at radius 1 is 1.20 bits per heavy atom. The maximum absolute atomic E-state index is 11.7. The molecular weight excluding hydrogens is 346 g/mol. The van der Waals surface area contributed by atoms with Crippen LogP contribution in [0.5, 0.6) is 11.5 Å². The Labute approximate surface area is 149 Å². The molecule has 25 heavy (non-hydrogen) atoms. The van der Waals surface area contributed by atoms with Gasteiger partial charge in [-0.2, -0.15) is 5.10 Å². The lowest BCUT2D eigenvalue weighted by Gasteiger charge is -2.05. The highest BCUT2D eigenvalue weighted by Gasteiger charge is 2.12. The molecule has 2 rings (SSSR count). The van der Waals surface area contributed by atoms with Crippen molar-refractivity contribution in [3.05, 3.63) is 58.6 Å². The minimum atomic E-state index is -0.925. The van der Waals surface area contributed by atoms with Crippen LogP contribution in [0.25, 0.3) is 0 Å². The van der Waals surface area contributed by atoms with Gasteiger partial charge in [-0.15, -0.1) is 0 Å². The van der Waals surface area contributed by atoms with Crippen LogP contribution in [0.3, 0.4) is 0 Å². The first-order chi connectivity index (χ1) is 12.0. The first-order valence-corrected chi connectivity index (χ1v) is 7.60. The highest BCUT2D eigenvalue weighted by molar-refractivity contribution is 6.35. The van der Waals surface area contributed by atoms with Crippen molar-refractivity contribution in [3.8, 4) is 11.5 Å². The fraction of sp³-hybridized carbons (Fsp3) is 0.118. The maximum Gasteiger partial charge on any atom is 0.329 e. The summed E-state index contributed by atoms with van der Waals surface area (Å²) in [5.41, 5.74) is 3.20. The Hall–Kier alpha value is -3.06.